The highest BCUT2D eigenvalue weighted by atomic mass is 35.5. The molecule has 0 fully saturated rings. The van der Waals surface area contributed by atoms with Crippen molar-refractivity contribution in [1.29, 1.82) is 0 Å². The van der Waals surface area contributed by atoms with Crippen molar-refractivity contribution in [1.82, 2.24) is 9.97 Å². The van der Waals surface area contributed by atoms with E-state index in [4.69, 9.17) is 23.2 Å². The van der Waals surface area contributed by atoms with Crippen molar-refractivity contribution in [2.24, 2.45) is 0 Å². The van der Waals surface area contributed by atoms with Crippen LogP contribution in [0.25, 0.3) is 11.4 Å². The largest absolute Gasteiger partial charge is 0.216 e. The highest BCUT2D eigenvalue weighted by molar-refractivity contribution is 6.33. The van der Waals surface area contributed by atoms with Crippen LogP contribution in [0, 0.1) is 0 Å². The third-order valence-corrected chi connectivity index (χ3v) is 2.08. The Balaban J connectivity index is 0.000000606. The molecule has 0 spiro atoms. The molecule has 2 aromatic rings. The quantitative estimate of drug-likeness (QED) is 0.702. The van der Waals surface area contributed by atoms with Gasteiger partial charge in [0.2, 0.25) is 0 Å². The molecule has 0 N–H and O–H groups in total. The van der Waals surface area contributed by atoms with Crippen molar-refractivity contribution in [3.8, 4) is 11.4 Å². The second-order valence-electron chi connectivity index (χ2n) is 2.70. The molecule has 0 radical (unpaired) electrons. The average Bonchev–Trinajstić information content (AvgIpc) is 2.32. The maximum Gasteiger partial charge on any atom is 0.162 e. The number of halogens is 2. The van der Waals surface area contributed by atoms with Crippen molar-refractivity contribution >= 4 is 23.2 Å². The van der Waals surface area contributed by atoms with Crippen molar-refractivity contribution in [2.75, 3.05) is 0 Å². The molecule has 1 aromatic carbocycles. The van der Waals surface area contributed by atoms with Crippen molar-refractivity contribution in [3.05, 3.63) is 46.7 Å². The van der Waals surface area contributed by atoms with E-state index in [-0.39, 0.29) is 0 Å². The van der Waals surface area contributed by atoms with Gasteiger partial charge in [-0.25, -0.2) is 9.97 Å². The van der Waals surface area contributed by atoms with Gasteiger partial charge in [-0.15, -0.1) is 0 Å². The van der Waals surface area contributed by atoms with Crippen LogP contribution in [0.2, 0.25) is 10.3 Å². The predicted molar refractivity (Wildman–Crippen MR) is 68.8 cm³/mol. The highest BCUT2D eigenvalue weighted by Gasteiger charge is 2.03. The number of aromatic nitrogens is 2. The molecule has 0 amide bonds. The summed E-state index contributed by atoms with van der Waals surface area (Å²) in [6.45, 7) is 4.00. The molecule has 2 rings (SSSR count). The first kappa shape index (κ1) is 12.9. The van der Waals surface area contributed by atoms with Crippen molar-refractivity contribution in [2.45, 2.75) is 13.8 Å². The minimum absolute atomic E-state index is 0.351. The van der Waals surface area contributed by atoms with Gasteiger partial charge in [0.1, 0.15) is 10.3 Å². The lowest BCUT2D eigenvalue weighted by molar-refractivity contribution is 1.18. The standard InChI is InChI=1S/C10H6Cl2N2.C2H6/c11-8-6-9(12)14-10(13-8)7-4-2-1-3-5-7;1-2/h1-6H;1-2H3. The van der Waals surface area contributed by atoms with Crippen LogP contribution < -0.4 is 0 Å². The van der Waals surface area contributed by atoms with Crippen LogP contribution >= 0.6 is 23.2 Å². The Kier molecular flexibility index (Phi) is 5.23. The minimum atomic E-state index is 0.351. The van der Waals surface area contributed by atoms with E-state index < -0.39 is 0 Å². The van der Waals surface area contributed by atoms with Gasteiger partial charge in [0.05, 0.1) is 0 Å². The molecule has 0 atom stereocenters. The molecule has 0 aliphatic rings. The molecule has 2 nitrogen and oxygen atoms in total. The average molecular weight is 255 g/mol. The summed E-state index contributed by atoms with van der Waals surface area (Å²) in [4.78, 5) is 8.15. The number of rotatable bonds is 1. The maximum absolute atomic E-state index is 5.76. The lowest BCUT2D eigenvalue weighted by atomic mass is 10.2. The zero-order valence-electron chi connectivity index (χ0n) is 9.11. The molecular weight excluding hydrogens is 243 g/mol. The Bertz CT molecular complexity index is 424. The van der Waals surface area contributed by atoms with Crippen LogP contribution in [0.3, 0.4) is 0 Å². The second-order valence-corrected chi connectivity index (χ2v) is 3.48. The van der Waals surface area contributed by atoms with Gasteiger partial charge in [0.25, 0.3) is 0 Å². The fourth-order valence-electron chi connectivity index (χ4n) is 1.11. The number of hydrogen-bond donors (Lipinski definition) is 0. The summed E-state index contributed by atoms with van der Waals surface area (Å²) in [5, 5.41) is 0.702. The summed E-state index contributed by atoms with van der Waals surface area (Å²) in [6.07, 6.45) is 0. The topological polar surface area (TPSA) is 25.8 Å². The molecule has 0 saturated carbocycles. The monoisotopic (exact) mass is 254 g/mol. The van der Waals surface area contributed by atoms with Crippen LogP contribution in [0.15, 0.2) is 36.4 Å². The smallest absolute Gasteiger partial charge is 0.162 e. The maximum atomic E-state index is 5.76. The molecule has 0 unspecified atom stereocenters. The van der Waals surface area contributed by atoms with Gasteiger partial charge in [-0.3, -0.25) is 0 Å². The predicted octanol–water partition coefficient (Wildman–Crippen LogP) is 4.48. The van der Waals surface area contributed by atoms with E-state index >= 15 is 0 Å². The molecule has 1 aromatic heterocycles. The summed E-state index contributed by atoms with van der Waals surface area (Å²) in [5.74, 6) is 0.545. The molecule has 4 heteroatoms. The third-order valence-electron chi connectivity index (χ3n) is 1.70. The van der Waals surface area contributed by atoms with E-state index in [1.165, 1.54) is 6.07 Å². The van der Waals surface area contributed by atoms with E-state index in [0.29, 0.717) is 16.1 Å². The first-order valence-electron chi connectivity index (χ1n) is 5.01. The molecular formula is C12H12Cl2N2. The number of hydrogen-bond acceptors (Lipinski definition) is 2. The molecule has 0 bridgehead atoms. The highest BCUT2D eigenvalue weighted by Crippen LogP contribution is 2.19. The summed E-state index contributed by atoms with van der Waals surface area (Å²) in [5.41, 5.74) is 0.900. The van der Waals surface area contributed by atoms with Gasteiger partial charge >= 0.3 is 0 Å². The molecule has 1 heterocycles. The van der Waals surface area contributed by atoms with Gasteiger partial charge in [0.15, 0.2) is 5.82 Å². The van der Waals surface area contributed by atoms with E-state index in [1.54, 1.807) is 0 Å². The Labute approximate surface area is 105 Å². The lowest BCUT2D eigenvalue weighted by Gasteiger charge is -2.00. The molecule has 0 aliphatic heterocycles. The van der Waals surface area contributed by atoms with Crippen molar-refractivity contribution in [3.63, 3.8) is 0 Å². The summed E-state index contributed by atoms with van der Waals surface area (Å²) < 4.78 is 0. The zero-order valence-corrected chi connectivity index (χ0v) is 10.6. The van der Waals surface area contributed by atoms with Crippen LogP contribution in [0.5, 0.6) is 0 Å². The fraction of sp³-hybridized carbons (Fsp3) is 0.167. The summed E-state index contributed by atoms with van der Waals surface area (Å²) in [6, 6.07) is 11.1. The first-order valence-corrected chi connectivity index (χ1v) is 5.77. The fourth-order valence-corrected chi connectivity index (χ4v) is 1.53. The van der Waals surface area contributed by atoms with E-state index in [9.17, 15) is 0 Å². The van der Waals surface area contributed by atoms with Gasteiger partial charge in [0, 0.05) is 11.6 Å². The van der Waals surface area contributed by atoms with Crippen LogP contribution in [0.1, 0.15) is 13.8 Å². The Morgan fingerprint density at radius 3 is 1.88 bits per heavy atom. The van der Waals surface area contributed by atoms with Gasteiger partial charge < -0.3 is 0 Å². The Morgan fingerprint density at radius 1 is 0.875 bits per heavy atom. The molecule has 16 heavy (non-hydrogen) atoms. The lowest BCUT2D eigenvalue weighted by Crippen LogP contribution is -1.89. The minimum Gasteiger partial charge on any atom is -0.216 e. The van der Waals surface area contributed by atoms with E-state index in [0.717, 1.165) is 5.56 Å². The first-order chi connectivity index (χ1) is 7.75. The van der Waals surface area contributed by atoms with Crippen LogP contribution in [0.4, 0.5) is 0 Å². The van der Waals surface area contributed by atoms with Crippen LogP contribution in [-0.2, 0) is 0 Å². The van der Waals surface area contributed by atoms with Gasteiger partial charge in [-0.2, -0.15) is 0 Å². The van der Waals surface area contributed by atoms with E-state index in [2.05, 4.69) is 9.97 Å². The van der Waals surface area contributed by atoms with Crippen molar-refractivity contribution < 1.29 is 0 Å². The molecule has 0 saturated heterocycles. The number of benzene rings is 1. The van der Waals surface area contributed by atoms with Gasteiger partial charge in [-0.05, 0) is 0 Å². The SMILES string of the molecule is CC.Clc1cc(Cl)nc(-c2ccccc2)n1. The van der Waals surface area contributed by atoms with Crippen LogP contribution in [-0.4, -0.2) is 9.97 Å². The molecule has 84 valence electrons. The Morgan fingerprint density at radius 2 is 1.38 bits per heavy atom. The summed E-state index contributed by atoms with van der Waals surface area (Å²) >= 11 is 11.5. The number of nitrogens with zero attached hydrogens (tertiary/aromatic N) is 2. The Hall–Kier alpha value is -1.12. The zero-order chi connectivity index (χ0) is 12.0. The second kappa shape index (κ2) is 6.46. The molecule has 0 aliphatic carbocycles. The van der Waals surface area contributed by atoms with Gasteiger partial charge in [-0.1, -0.05) is 67.4 Å². The van der Waals surface area contributed by atoms with E-state index in [1.807, 2.05) is 44.2 Å². The third kappa shape index (κ3) is 3.47. The normalized spacial score (nSPS) is 9.25. The summed E-state index contributed by atoms with van der Waals surface area (Å²) in [7, 11) is 0.